The molecule has 2 N–H and O–H groups in total. The lowest BCUT2D eigenvalue weighted by Gasteiger charge is -1.93. The number of nitrogens with two attached hydrogens (primary N) is 1. The van der Waals surface area contributed by atoms with Gasteiger partial charge in [-0.25, -0.2) is 9.97 Å². The Morgan fingerprint density at radius 2 is 1.60 bits per heavy atom. The van der Waals surface area contributed by atoms with Gasteiger partial charge >= 0.3 is 0 Å². The Morgan fingerprint density at radius 1 is 0.933 bits per heavy atom. The van der Waals surface area contributed by atoms with Gasteiger partial charge in [0.05, 0.1) is 0 Å². The molecule has 0 aliphatic rings. The maximum absolute atomic E-state index is 5.36. The molecule has 15 heavy (non-hydrogen) atoms. The molecule has 3 nitrogen and oxygen atoms in total. The van der Waals surface area contributed by atoms with E-state index in [0.29, 0.717) is 0 Å². The molecule has 3 heteroatoms. The average molecular weight is 201 g/mol. The zero-order valence-corrected chi connectivity index (χ0v) is 8.58. The van der Waals surface area contributed by atoms with Crippen LogP contribution in [0.3, 0.4) is 0 Å². The second-order valence-corrected chi connectivity index (χ2v) is 2.93. The van der Waals surface area contributed by atoms with Crippen molar-refractivity contribution in [1.82, 2.24) is 9.97 Å². The van der Waals surface area contributed by atoms with Gasteiger partial charge in [0, 0.05) is 12.4 Å². The molecule has 1 heterocycles. The molecule has 2 rings (SSSR count). The van der Waals surface area contributed by atoms with Gasteiger partial charge in [0.25, 0.3) is 0 Å². The first-order valence-corrected chi connectivity index (χ1v) is 4.87. The maximum atomic E-state index is 5.36. The SMILES string of the molecule is NCCc1ccccc1.c1cncnc1. The molecule has 0 bridgehead atoms. The van der Waals surface area contributed by atoms with Crippen LogP contribution in [0, 0.1) is 0 Å². The molecule has 0 atom stereocenters. The van der Waals surface area contributed by atoms with E-state index in [4.69, 9.17) is 5.73 Å². The Hall–Kier alpha value is -1.74. The summed E-state index contributed by atoms with van der Waals surface area (Å²) in [6.45, 7) is 0.740. The minimum atomic E-state index is 0.740. The van der Waals surface area contributed by atoms with Gasteiger partial charge in [-0.2, -0.15) is 0 Å². The normalized spacial score (nSPS) is 8.87. The topological polar surface area (TPSA) is 51.8 Å². The monoisotopic (exact) mass is 201 g/mol. The molecule has 0 unspecified atom stereocenters. The Kier molecular flexibility index (Phi) is 5.78. The molecule has 2 aromatic rings. The number of nitrogens with zero attached hydrogens (tertiary/aromatic N) is 2. The molecule has 0 spiro atoms. The number of rotatable bonds is 2. The first kappa shape index (κ1) is 11.3. The summed E-state index contributed by atoms with van der Waals surface area (Å²) in [5.74, 6) is 0. The van der Waals surface area contributed by atoms with Crippen LogP contribution in [0.25, 0.3) is 0 Å². The first-order chi connectivity index (χ1) is 7.43. The van der Waals surface area contributed by atoms with Crippen LogP contribution < -0.4 is 5.73 Å². The lowest BCUT2D eigenvalue weighted by molar-refractivity contribution is 0.969. The highest BCUT2D eigenvalue weighted by Crippen LogP contribution is 1.96. The van der Waals surface area contributed by atoms with Crippen LogP contribution >= 0.6 is 0 Å². The van der Waals surface area contributed by atoms with Crippen molar-refractivity contribution in [1.29, 1.82) is 0 Å². The van der Waals surface area contributed by atoms with Crippen LogP contribution in [0.2, 0.25) is 0 Å². The van der Waals surface area contributed by atoms with Crippen LogP contribution in [0.5, 0.6) is 0 Å². The van der Waals surface area contributed by atoms with E-state index >= 15 is 0 Å². The van der Waals surface area contributed by atoms with Gasteiger partial charge in [-0.3, -0.25) is 0 Å². The number of aromatic nitrogens is 2. The quantitative estimate of drug-likeness (QED) is 0.804. The maximum Gasteiger partial charge on any atom is 0.115 e. The summed E-state index contributed by atoms with van der Waals surface area (Å²) in [7, 11) is 0. The summed E-state index contributed by atoms with van der Waals surface area (Å²) in [6, 6.07) is 12.0. The van der Waals surface area contributed by atoms with E-state index in [1.54, 1.807) is 18.5 Å². The van der Waals surface area contributed by atoms with Crippen molar-refractivity contribution in [2.45, 2.75) is 6.42 Å². The minimum Gasteiger partial charge on any atom is -0.330 e. The van der Waals surface area contributed by atoms with Crippen LogP contribution in [0.15, 0.2) is 55.1 Å². The second-order valence-electron chi connectivity index (χ2n) is 2.93. The highest BCUT2D eigenvalue weighted by Gasteiger charge is 1.84. The third kappa shape index (κ3) is 5.54. The summed E-state index contributed by atoms with van der Waals surface area (Å²) >= 11 is 0. The van der Waals surface area contributed by atoms with E-state index in [1.165, 1.54) is 11.9 Å². The standard InChI is InChI=1S/C8H11N.C4H4N2/c9-7-6-8-4-2-1-3-5-8;1-2-5-4-6-3-1/h1-5H,6-7,9H2;1-4H. The van der Waals surface area contributed by atoms with Gasteiger partial charge in [0.2, 0.25) is 0 Å². The fourth-order valence-corrected chi connectivity index (χ4v) is 1.06. The van der Waals surface area contributed by atoms with Crippen LogP contribution in [-0.4, -0.2) is 16.5 Å². The molecule has 0 saturated carbocycles. The summed E-state index contributed by atoms with van der Waals surface area (Å²) in [6.07, 6.45) is 5.86. The fraction of sp³-hybridized carbons (Fsp3) is 0.167. The van der Waals surface area contributed by atoms with E-state index < -0.39 is 0 Å². The van der Waals surface area contributed by atoms with E-state index in [0.717, 1.165) is 13.0 Å². The lowest BCUT2D eigenvalue weighted by Crippen LogP contribution is -2.01. The van der Waals surface area contributed by atoms with E-state index in [-0.39, 0.29) is 0 Å². The van der Waals surface area contributed by atoms with Gasteiger partial charge < -0.3 is 5.73 Å². The van der Waals surface area contributed by atoms with E-state index in [1.807, 2.05) is 18.2 Å². The number of hydrogen-bond donors (Lipinski definition) is 1. The summed E-state index contributed by atoms with van der Waals surface area (Å²) in [4.78, 5) is 7.35. The minimum absolute atomic E-state index is 0.740. The fourth-order valence-electron chi connectivity index (χ4n) is 1.06. The Labute approximate surface area is 90.0 Å². The summed E-state index contributed by atoms with van der Waals surface area (Å²) < 4.78 is 0. The van der Waals surface area contributed by atoms with Crippen LogP contribution in [0.1, 0.15) is 5.56 Å². The van der Waals surface area contributed by atoms with E-state index in [9.17, 15) is 0 Å². The Balaban J connectivity index is 0.000000162. The predicted molar refractivity (Wildman–Crippen MR) is 61.2 cm³/mol. The van der Waals surface area contributed by atoms with Crippen molar-refractivity contribution >= 4 is 0 Å². The molecular formula is C12H15N3. The second kappa shape index (κ2) is 7.64. The zero-order chi connectivity index (χ0) is 10.8. The van der Waals surface area contributed by atoms with Gasteiger partial charge in [0.15, 0.2) is 0 Å². The van der Waals surface area contributed by atoms with Crippen molar-refractivity contribution in [3.8, 4) is 0 Å². The Bertz CT molecular complexity index is 308. The van der Waals surface area contributed by atoms with Crippen LogP contribution in [0.4, 0.5) is 0 Å². The molecule has 1 aromatic carbocycles. The molecule has 0 aliphatic carbocycles. The molecule has 0 amide bonds. The molecule has 1 aromatic heterocycles. The zero-order valence-electron chi connectivity index (χ0n) is 8.58. The lowest BCUT2D eigenvalue weighted by atomic mass is 10.2. The van der Waals surface area contributed by atoms with Gasteiger partial charge in [0.1, 0.15) is 6.33 Å². The van der Waals surface area contributed by atoms with Crippen molar-refractivity contribution in [2.75, 3.05) is 6.54 Å². The molecular weight excluding hydrogens is 186 g/mol. The van der Waals surface area contributed by atoms with Crippen LogP contribution in [-0.2, 0) is 6.42 Å². The molecule has 0 aliphatic heterocycles. The first-order valence-electron chi connectivity index (χ1n) is 4.87. The van der Waals surface area contributed by atoms with Gasteiger partial charge in [-0.15, -0.1) is 0 Å². The highest BCUT2D eigenvalue weighted by atomic mass is 14.8. The van der Waals surface area contributed by atoms with Gasteiger partial charge in [-0.05, 0) is 24.6 Å². The molecule has 0 radical (unpaired) electrons. The van der Waals surface area contributed by atoms with Crippen molar-refractivity contribution < 1.29 is 0 Å². The molecule has 0 saturated heterocycles. The third-order valence-corrected chi connectivity index (χ3v) is 1.75. The average Bonchev–Trinajstić information content (AvgIpc) is 2.34. The largest absolute Gasteiger partial charge is 0.330 e. The smallest absolute Gasteiger partial charge is 0.115 e. The van der Waals surface area contributed by atoms with Crippen molar-refractivity contribution in [2.24, 2.45) is 5.73 Å². The predicted octanol–water partition coefficient (Wildman–Crippen LogP) is 1.66. The third-order valence-electron chi connectivity index (χ3n) is 1.75. The van der Waals surface area contributed by atoms with Gasteiger partial charge in [-0.1, -0.05) is 30.3 Å². The highest BCUT2D eigenvalue weighted by molar-refractivity contribution is 5.14. The van der Waals surface area contributed by atoms with Crippen molar-refractivity contribution in [3.05, 3.63) is 60.7 Å². The number of hydrogen-bond acceptors (Lipinski definition) is 3. The Morgan fingerprint density at radius 3 is 2.00 bits per heavy atom. The van der Waals surface area contributed by atoms with E-state index in [2.05, 4.69) is 22.1 Å². The molecule has 78 valence electrons. The summed E-state index contributed by atoms with van der Waals surface area (Å²) in [5, 5.41) is 0. The molecule has 0 fully saturated rings. The van der Waals surface area contributed by atoms with Crippen molar-refractivity contribution in [3.63, 3.8) is 0 Å². The number of benzene rings is 1. The summed E-state index contributed by atoms with van der Waals surface area (Å²) in [5.41, 5.74) is 6.68.